The first-order valence-electron chi connectivity index (χ1n) is 11.0. The Bertz CT molecular complexity index is 1260. The number of likely N-dealkylation sites (tertiary alicyclic amines) is 1. The van der Waals surface area contributed by atoms with Crippen LogP contribution in [0, 0.1) is 5.92 Å². The molecule has 4 atom stereocenters. The van der Waals surface area contributed by atoms with Crippen molar-refractivity contribution in [1.82, 2.24) is 9.88 Å². The maximum absolute atomic E-state index is 10.7. The number of likely N-dealkylation sites (N-methyl/N-ethyl adjacent to an activating group) is 1. The van der Waals surface area contributed by atoms with Gasteiger partial charge in [-0.15, -0.1) is 0 Å². The summed E-state index contributed by atoms with van der Waals surface area (Å²) in [7, 11) is 2.25. The van der Waals surface area contributed by atoms with Crippen molar-refractivity contribution in [2.24, 2.45) is 5.92 Å². The van der Waals surface area contributed by atoms with Crippen LogP contribution in [0.25, 0.3) is 11.1 Å². The number of pyridine rings is 1. The molecule has 4 nitrogen and oxygen atoms in total. The van der Waals surface area contributed by atoms with Crippen LogP contribution < -0.4 is 4.74 Å². The van der Waals surface area contributed by atoms with Crippen LogP contribution >= 0.6 is 11.6 Å². The molecular formula is C26H23ClN2O2. The van der Waals surface area contributed by atoms with Crippen LogP contribution in [0.5, 0.6) is 11.5 Å². The van der Waals surface area contributed by atoms with E-state index in [9.17, 15) is 5.11 Å². The molecule has 3 aromatic rings. The zero-order valence-corrected chi connectivity index (χ0v) is 18.1. The summed E-state index contributed by atoms with van der Waals surface area (Å²) in [5.74, 6) is 1.40. The van der Waals surface area contributed by atoms with Crippen molar-refractivity contribution in [3.63, 3.8) is 0 Å². The molecule has 0 amide bonds. The van der Waals surface area contributed by atoms with Gasteiger partial charge in [0.2, 0.25) is 0 Å². The standard InChI is InChI=1S/C26H23ClN2O2/c1-29-9-8-26-18-11-15-10-16(17-4-2-3-5-19(17)27)13-28-23(15)25(26)31-24-21(30)7-6-14(22(24)26)12-20(18)29/h2-7,10,13,18,20,25,30H,8-9,11-12H2,1H3/t18-,20+,25-,26-/m0/s1. The fourth-order valence-corrected chi connectivity index (χ4v) is 7.15. The van der Waals surface area contributed by atoms with Gasteiger partial charge in [-0.25, -0.2) is 0 Å². The predicted octanol–water partition coefficient (Wildman–Crippen LogP) is 4.91. The van der Waals surface area contributed by atoms with Gasteiger partial charge in [0.25, 0.3) is 0 Å². The average molecular weight is 431 g/mol. The number of hydrogen-bond acceptors (Lipinski definition) is 4. The van der Waals surface area contributed by atoms with Crippen LogP contribution in [-0.4, -0.2) is 34.6 Å². The van der Waals surface area contributed by atoms with E-state index in [4.69, 9.17) is 21.3 Å². The second kappa shape index (κ2) is 6.02. The molecule has 2 bridgehead atoms. The van der Waals surface area contributed by atoms with Crippen LogP contribution in [0.15, 0.2) is 48.7 Å². The lowest BCUT2D eigenvalue weighted by Crippen LogP contribution is -2.62. The predicted molar refractivity (Wildman–Crippen MR) is 120 cm³/mol. The van der Waals surface area contributed by atoms with E-state index in [2.05, 4.69) is 24.1 Å². The molecule has 0 radical (unpaired) electrons. The number of rotatable bonds is 1. The highest BCUT2D eigenvalue weighted by Gasteiger charge is 2.64. The van der Waals surface area contributed by atoms with Crippen LogP contribution in [0.1, 0.15) is 34.9 Å². The van der Waals surface area contributed by atoms with Gasteiger partial charge in [0.1, 0.15) is 0 Å². The van der Waals surface area contributed by atoms with Crippen LogP contribution in [0.4, 0.5) is 0 Å². The molecule has 5 heteroatoms. The third-order valence-electron chi connectivity index (χ3n) is 8.27. The van der Waals surface area contributed by atoms with E-state index in [-0.39, 0.29) is 17.3 Å². The molecule has 1 aromatic heterocycles. The fourth-order valence-electron chi connectivity index (χ4n) is 6.91. The number of phenolic OH excluding ortho intramolecular Hbond substituents is 1. The SMILES string of the molecule is CN1CC[C@]23c4c5ccc(O)c4O[C@H]2c2ncc(-c4ccccc4Cl)cc2C[C@H]3[C@H]1C5. The lowest BCUT2D eigenvalue weighted by atomic mass is 9.51. The van der Waals surface area contributed by atoms with Crippen molar-refractivity contribution in [3.05, 3.63) is 76.1 Å². The maximum atomic E-state index is 10.7. The molecule has 1 saturated heterocycles. The number of ether oxygens (including phenoxy) is 1. The first kappa shape index (κ1) is 18.1. The number of phenols is 1. The second-order valence-electron chi connectivity index (χ2n) is 9.55. The molecule has 1 fully saturated rings. The van der Waals surface area contributed by atoms with Gasteiger partial charge in [-0.2, -0.15) is 0 Å². The van der Waals surface area contributed by atoms with Crippen LogP contribution in [0.3, 0.4) is 0 Å². The molecule has 7 rings (SSSR count). The summed E-state index contributed by atoms with van der Waals surface area (Å²) in [6.45, 7) is 1.04. The third-order valence-corrected chi connectivity index (χ3v) is 8.60. The number of nitrogens with zero attached hydrogens (tertiary/aromatic N) is 2. The zero-order valence-electron chi connectivity index (χ0n) is 17.3. The summed E-state index contributed by atoms with van der Waals surface area (Å²) in [4.78, 5) is 7.49. The van der Waals surface area contributed by atoms with Crippen LogP contribution in [0.2, 0.25) is 5.02 Å². The van der Waals surface area contributed by atoms with Crippen molar-refractivity contribution in [1.29, 1.82) is 0 Å². The minimum Gasteiger partial charge on any atom is -0.504 e. The normalized spacial score (nSPS) is 29.8. The molecule has 2 aliphatic heterocycles. The van der Waals surface area contributed by atoms with E-state index >= 15 is 0 Å². The van der Waals surface area contributed by atoms with Gasteiger partial charge in [-0.3, -0.25) is 4.98 Å². The molecule has 0 unspecified atom stereocenters. The van der Waals surface area contributed by atoms with Gasteiger partial charge in [0.15, 0.2) is 17.6 Å². The van der Waals surface area contributed by atoms with Gasteiger partial charge in [-0.1, -0.05) is 35.9 Å². The van der Waals surface area contributed by atoms with Crippen molar-refractivity contribution in [3.8, 4) is 22.6 Å². The first-order valence-corrected chi connectivity index (χ1v) is 11.4. The summed E-state index contributed by atoms with van der Waals surface area (Å²) in [6, 6.07) is 14.6. The topological polar surface area (TPSA) is 45.6 Å². The molecule has 1 spiro atoms. The molecular weight excluding hydrogens is 408 g/mol. The summed E-state index contributed by atoms with van der Waals surface area (Å²) < 4.78 is 6.58. The van der Waals surface area contributed by atoms with Gasteiger partial charge < -0.3 is 14.7 Å². The highest BCUT2D eigenvalue weighted by molar-refractivity contribution is 6.33. The monoisotopic (exact) mass is 430 g/mol. The Labute approximate surface area is 186 Å². The van der Waals surface area contributed by atoms with Crippen molar-refractivity contribution in [2.45, 2.75) is 36.8 Å². The number of halogens is 1. The molecule has 2 aliphatic carbocycles. The van der Waals surface area contributed by atoms with E-state index in [1.807, 2.05) is 30.5 Å². The van der Waals surface area contributed by atoms with Crippen molar-refractivity contribution in [2.75, 3.05) is 13.6 Å². The molecule has 2 aromatic carbocycles. The molecule has 1 N–H and O–H groups in total. The van der Waals surface area contributed by atoms with E-state index in [0.29, 0.717) is 17.7 Å². The molecule has 156 valence electrons. The molecule has 4 aliphatic rings. The minimum atomic E-state index is -0.139. The number of aromatic hydroxyl groups is 1. The lowest BCUT2D eigenvalue weighted by molar-refractivity contribution is -0.0260. The second-order valence-corrected chi connectivity index (χ2v) is 9.95. The van der Waals surface area contributed by atoms with Gasteiger partial charge in [-0.05, 0) is 68.1 Å². The number of piperidine rings is 1. The minimum absolute atomic E-state index is 0.0925. The highest BCUT2D eigenvalue weighted by Crippen LogP contribution is 2.66. The van der Waals surface area contributed by atoms with E-state index in [1.54, 1.807) is 6.07 Å². The fraction of sp³-hybridized carbons (Fsp3) is 0.346. The Morgan fingerprint density at radius 1 is 1.16 bits per heavy atom. The maximum Gasteiger partial charge on any atom is 0.166 e. The van der Waals surface area contributed by atoms with E-state index < -0.39 is 0 Å². The van der Waals surface area contributed by atoms with Gasteiger partial charge in [0, 0.05) is 39.4 Å². The highest BCUT2D eigenvalue weighted by atomic mass is 35.5. The smallest absolute Gasteiger partial charge is 0.166 e. The van der Waals surface area contributed by atoms with E-state index in [1.165, 1.54) is 16.7 Å². The Hall–Kier alpha value is -2.56. The first-order chi connectivity index (χ1) is 15.1. The van der Waals surface area contributed by atoms with Crippen molar-refractivity contribution < 1.29 is 9.84 Å². The summed E-state index contributed by atoms with van der Waals surface area (Å²) in [5, 5.41) is 11.4. The number of hydrogen-bond donors (Lipinski definition) is 1. The van der Waals surface area contributed by atoms with Crippen LogP contribution in [-0.2, 0) is 18.3 Å². The quantitative estimate of drug-likeness (QED) is 0.595. The third kappa shape index (κ3) is 2.17. The zero-order chi connectivity index (χ0) is 20.9. The van der Waals surface area contributed by atoms with Gasteiger partial charge in [0.05, 0.1) is 5.69 Å². The average Bonchev–Trinajstić information content (AvgIpc) is 3.13. The molecule has 3 heterocycles. The number of fused-ring (bicyclic) bond motifs is 2. The Kier molecular flexibility index (Phi) is 3.51. The number of aromatic nitrogens is 1. The summed E-state index contributed by atoms with van der Waals surface area (Å²) >= 11 is 6.48. The van der Waals surface area contributed by atoms with Crippen molar-refractivity contribution >= 4 is 11.6 Å². The van der Waals surface area contributed by atoms with E-state index in [0.717, 1.165) is 47.7 Å². The largest absolute Gasteiger partial charge is 0.504 e. The molecule has 31 heavy (non-hydrogen) atoms. The Morgan fingerprint density at radius 2 is 2.03 bits per heavy atom. The Balaban J connectivity index is 1.45. The van der Waals surface area contributed by atoms with Gasteiger partial charge >= 0.3 is 0 Å². The number of benzene rings is 2. The molecule has 0 saturated carbocycles. The summed E-state index contributed by atoms with van der Waals surface area (Å²) in [6.07, 6.45) is 4.81. The Morgan fingerprint density at radius 3 is 2.90 bits per heavy atom. The summed E-state index contributed by atoms with van der Waals surface area (Å²) in [5.41, 5.74) is 6.83. The lowest BCUT2D eigenvalue weighted by Gasteiger charge is -2.57.